The third-order valence-electron chi connectivity index (χ3n) is 2.04. The summed E-state index contributed by atoms with van der Waals surface area (Å²) in [5, 5.41) is 3.14. The molecule has 0 aliphatic heterocycles. The molecule has 0 spiro atoms. The van der Waals surface area contributed by atoms with E-state index in [-0.39, 0.29) is 11.7 Å². The number of nitrogens with two attached hydrogens (primary N) is 2. The molecule has 0 radical (unpaired) electrons. The molecule has 0 aliphatic rings. The summed E-state index contributed by atoms with van der Waals surface area (Å²) in [7, 11) is 0. The molecule has 0 saturated carbocycles. The van der Waals surface area contributed by atoms with E-state index in [1.165, 1.54) is 0 Å². The van der Waals surface area contributed by atoms with Crippen LogP contribution in [0.2, 0.25) is 0 Å². The molecule has 0 aromatic rings. The molecule has 4 nitrogen and oxygen atoms in total. The fourth-order valence-corrected chi connectivity index (χ4v) is 1.08. The van der Waals surface area contributed by atoms with Crippen molar-refractivity contribution in [2.24, 2.45) is 17.4 Å². The Labute approximate surface area is 85.7 Å². The largest absolute Gasteiger partial charge is 0.330 e. The van der Waals surface area contributed by atoms with Gasteiger partial charge < -0.3 is 16.8 Å². The molecule has 0 aromatic heterocycles. The van der Waals surface area contributed by atoms with Crippen LogP contribution in [0, 0.1) is 5.92 Å². The van der Waals surface area contributed by atoms with Crippen LogP contribution in [0.25, 0.3) is 0 Å². The van der Waals surface area contributed by atoms with Gasteiger partial charge in [0.15, 0.2) is 5.78 Å². The van der Waals surface area contributed by atoms with Crippen molar-refractivity contribution in [3.63, 3.8) is 0 Å². The number of carbonyl (C=O) groups excluding carboxylic acids is 1. The van der Waals surface area contributed by atoms with Gasteiger partial charge in [-0.2, -0.15) is 0 Å². The minimum absolute atomic E-state index is 0.0926. The molecule has 0 aromatic carbocycles. The Balaban J connectivity index is 3.78. The van der Waals surface area contributed by atoms with E-state index in [1.807, 2.05) is 0 Å². The minimum atomic E-state index is 0.0926. The first kappa shape index (κ1) is 13.3. The predicted molar refractivity (Wildman–Crippen MR) is 58.9 cm³/mol. The fraction of sp³-hybridized carbons (Fsp3) is 0.700. The smallest absolute Gasteiger partial charge is 0.158 e. The van der Waals surface area contributed by atoms with Crippen LogP contribution >= 0.6 is 0 Å². The zero-order valence-electron chi connectivity index (χ0n) is 8.88. The highest BCUT2D eigenvalue weighted by atomic mass is 16.1. The van der Waals surface area contributed by atoms with E-state index in [9.17, 15) is 4.79 Å². The van der Waals surface area contributed by atoms with Crippen molar-refractivity contribution in [2.75, 3.05) is 26.2 Å². The van der Waals surface area contributed by atoms with Gasteiger partial charge in [-0.25, -0.2) is 0 Å². The fourth-order valence-electron chi connectivity index (χ4n) is 1.08. The van der Waals surface area contributed by atoms with Gasteiger partial charge in [0.25, 0.3) is 0 Å². The lowest BCUT2D eigenvalue weighted by Gasteiger charge is -2.14. The van der Waals surface area contributed by atoms with Crippen LogP contribution in [0.3, 0.4) is 0 Å². The van der Waals surface area contributed by atoms with Gasteiger partial charge in [0.05, 0.1) is 0 Å². The van der Waals surface area contributed by atoms with E-state index in [2.05, 4.69) is 11.9 Å². The van der Waals surface area contributed by atoms with Crippen LogP contribution in [-0.4, -0.2) is 32.0 Å². The van der Waals surface area contributed by atoms with Gasteiger partial charge in [-0.1, -0.05) is 6.58 Å². The summed E-state index contributed by atoms with van der Waals surface area (Å²) in [6, 6.07) is 0. The first-order valence-electron chi connectivity index (χ1n) is 4.91. The number of rotatable bonds is 8. The summed E-state index contributed by atoms with van der Waals surface area (Å²) in [5.41, 5.74) is 11.5. The lowest BCUT2D eigenvalue weighted by atomic mass is 9.99. The maximum atomic E-state index is 11.3. The van der Waals surface area contributed by atoms with Crippen LogP contribution in [0.1, 0.15) is 13.3 Å². The number of allylic oxidation sites excluding steroid dienone is 1. The van der Waals surface area contributed by atoms with Gasteiger partial charge in [0.1, 0.15) is 0 Å². The van der Waals surface area contributed by atoms with E-state index in [1.54, 1.807) is 6.92 Å². The molecule has 0 bridgehead atoms. The molecular weight excluding hydrogens is 178 g/mol. The average molecular weight is 199 g/mol. The van der Waals surface area contributed by atoms with Gasteiger partial charge in [0, 0.05) is 19.5 Å². The van der Waals surface area contributed by atoms with Crippen molar-refractivity contribution in [3.8, 4) is 0 Å². The SMILES string of the molecule is C=C(C)C(=O)CC(CN)CNCCN. The van der Waals surface area contributed by atoms with Crippen molar-refractivity contribution in [3.05, 3.63) is 12.2 Å². The van der Waals surface area contributed by atoms with E-state index >= 15 is 0 Å². The van der Waals surface area contributed by atoms with E-state index in [0.29, 0.717) is 25.1 Å². The van der Waals surface area contributed by atoms with Crippen molar-refractivity contribution in [2.45, 2.75) is 13.3 Å². The molecule has 0 fully saturated rings. The van der Waals surface area contributed by atoms with E-state index in [0.717, 1.165) is 13.1 Å². The molecule has 1 unspecified atom stereocenters. The number of hydrogen-bond acceptors (Lipinski definition) is 4. The molecule has 0 saturated heterocycles. The molecule has 0 amide bonds. The molecular formula is C10H21N3O. The zero-order chi connectivity index (χ0) is 11.0. The van der Waals surface area contributed by atoms with Gasteiger partial charge in [0.2, 0.25) is 0 Å². The van der Waals surface area contributed by atoms with Crippen LogP contribution < -0.4 is 16.8 Å². The number of carbonyl (C=O) groups is 1. The highest BCUT2D eigenvalue weighted by Crippen LogP contribution is 2.05. The Morgan fingerprint density at radius 2 is 2.14 bits per heavy atom. The lowest BCUT2D eigenvalue weighted by Crippen LogP contribution is -2.32. The Morgan fingerprint density at radius 1 is 1.50 bits per heavy atom. The van der Waals surface area contributed by atoms with Gasteiger partial charge >= 0.3 is 0 Å². The van der Waals surface area contributed by atoms with E-state index < -0.39 is 0 Å². The molecule has 1 atom stereocenters. The average Bonchev–Trinajstić information content (AvgIpc) is 2.16. The van der Waals surface area contributed by atoms with Gasteiger partial charge in [-0.3, -0.25) is 4.79 Å². The van der Waals surface area contributed by atoms with Gasteiger partial charge in [-0.05, 0) is 31.5 Å². The number of nitrogens with one attached hydrogen (secondary N) is 1. The van der Waals surface area contributed by atoms with Gasteiger partial charge in [-0.15, -0.1) is 0 Å². The van der Waals surface area contributed by atoms with E-state index in [4.69, 9.17) is 11.5 Å². The molecule has 14 heavy (non-hydrogen) atoms. The Morgan fingerprint density at radius 3 is 2.57 bits per heavy atom. The highest BCUT2D eigenvalue weighted by Gasteiger charge is 2.12. The third-order valence-corrected chi connectivity index (χ3v) is 2.04. The second-order valence-electron chi connectivity index (χ2n) is 3.50. The Bertz CT molecular complexity index is 192. The summed E-state index contributed by atoms with van der Waals surface area (Å²) in [4.78, 5) is 11.3. The normalized spacial score (nSPS) is 12.5. The zero-order valence-corrected chi connectivity index (χ0v) is 8.88. The maximum absolute atomic E-state index is 11.3. The third kappa shape index (κ3) is 5.85. The standard InChI is InChI=1S/C10H21N3O/c1-8(2)10(14)5-9(6-12)7-13-4-3-11/h9,13H,1,3-7,11-12H2,2H3. The quantitative estimate of drug-likeness (QED) is 0.368. The topological polar surface area (TPSA) is 81.1 Å². The van der Waals surface area contributed by atoms with Crippen LogP contribution in [0.15, 0.2) is 12.2 Å². The van der Waals surface area contributed by atoms with Crippen molar-refractivity contribution in [1.29, 1.82) is 0 Å². The summed E-state index contributed by atoms with van der Waals surface area (Å²) >= 11 is 0. The molecule has 0 aliphatic carbocycles. The lowest BCUT2D eigenvalue weighted by molar-refractivity contribution is -0.116. The first-order chi connectivity index (χ1) is 6.61. The summed E-state index contributed by atoms with van der Waals surface area (Å²) in [6.07, 6.45) is 0.476. The summed E-state index contributed by atoms with van der Waals surface area (Å²) in [6.45, 7) is 7.95. The highest BCUT2D eigenvalue weighted by molar-refractivity contribution is 5.94. The van der Waals surface area contributed by atoms with Crippen LogP contribution in [0.5, 0.6) is 0 Å². The minimum Gasteiger partial charge on any atom is -0.330 e. The number of hydrogen-bond donors (Lipinski definition) is 3. The van der Waals surface area contributed by atoms with Crippen molar-refractivity contribution in [1.82, 2.24) is 5.32 Å². The maximum Gasteiger partial charge on any atom is 0.158 e. The summed E-state index contributed by atoms with van der Waals surface area (Å²) in [5.74, 6) is 0.278. The second kappa shape index (κ2) is 7.67. The number of ketones is 1. The Kier molecular flexibility index (Phi) is 7.28. The monoisotopic (exact) mass is 199 g/mol. The first-order valence-corrected chi connectivity index (χ1v) is 4.91. The second-order valence-corrected chi connectivity index (χ2v) is 3.50. The van der Waals surface area contributed by atoms with Crippen molar-refractivity contribution < 1.29 is 4.79 Å². The molecule has 82 valence electrons. The van der Waals surface area contributed by atoms with Crippen molar-refractivity contribution >= 4 is 5.78 Å². The Hall–Kier alpha value is -0.710. The molecule has 0 heterocycles. The summed E-state index contributed by atoms with van der Waals surface area (Å²) < 4.78 is 0. The van der Waals surface area contributed by atoms with Crippen LogP contribution in [0.4, 0.5) is 0 Å². The number of Topliss-reactive ketones (excluding diaryl/α,β-unsaturated/α-hetero) is 1. The van der Waals surface area contributed by atoms with Crippen LogP contribution in [-0.2, 0) is 4.79 Å². The molecule has 5 N–H and O–H groups in total. The molecule has 0 rings (SSSR count). The predicted octanol–water partition coefficient (Wildman–Crippen LogP) is -0.355. The molecule has 4 heteroatoms.